The van der Waals surface area contributed by atoms with Crippen molar-refractivity contribution in [2.24, 2.45) is 0 Å². The molecule has 1 aliphatic heterocycles. The van der Waals surface area contributed by atoms with Gasteiger partial charge in [-0.15, -0.1) is 11.8 Å². The molecule has 2 aromatic rings. The highest BCUT2D eigenvalue weighted by Crippen LogP contribution is 2.37. The summed E-state index contributed by atoms with van der Waals surface area (Å²) < 4.78 is 31.4. The highest BCUT2D eigenvalue weighted by Gasteiger charge is 2.32. The fourth-order valence-corrected chi connectivity index (χ4v) is 4.65. The number of para-hydroxylation sites is 1. The Morgan fingerprint density at radius 3 is 2.71 bits per heavy atom. The maximum Gasteiger partial charge on any atom is 0.371 e. The van der Waals surface area contributed by atoms with E-state index < -0.39 is 21.8 Å². The molecule has 8 heteroatoms. The van der Waals surface area contributed by atoms with Gasteiger partial charge < -0.3 is 9.52 Å². The van der Waals surface area contributed by atoms with E-state index in [-0.39, 0.29) is 5.09 Å². The van der Waals surface area contributed by atoms with Gasteiger partial charge in [-0.25, -0.2) is 4.79 Å². The first kappa shape index (κ1) is 14.0. The van der Waals surface area contributed by atoms with E-state index in [1.54, 1.807) is 23.9 Å². The molecule has 0 atom stereocenters. The first-order valence-corrected chi connectivity index (χ1v) is 8.50. The van der Waals surface area contributed by atoms with Crippen molar-refractivity contribution < 1.29 is 22.7 Å². The van der Waals surface area contributed by atoms with Gasteiger partial charge in [0.2, 0.25) is 10.9 Å². The van der Waals surface area contributed by atoms with Crippen LogP contribution in [0.15, 0.2) is 50.8 Å². The zero-order valence-corrected chi connectivity index (χ0v) is 12.4. The molecule has 0 unspecified atom stereocenters. The van der Waals surface area contributed by atoms with Crippen LogP contribution >= 0.6 is 11.8 Å². The summed E-state index contributed by atoms with van der Waals surface area (Å²) in [7, 11) is -3.90. The van der Waals surface area contributed by atoms with Crippen molar-refractivity contribution in [3.05, 3.63) is 42.2 Å². The summed E-state index contributed by atoms with van der Waals surface area (Å²) >= 11 is 1.58. The third-order valence-electron chi connectivity index (χ3n) is 3.02. The summed E-state index contributed by atoms with van der Waals surface area (Å²) in [5.74, 6) is -1.07. The van der Waals surface area contributed by atoms with E-state index in [4.69, 9.17) is 9.52 Å². The van der Waals surface area contributed by atoms with Crippen LogP contribution < -0.4 is 4.31 Å². The Labute approximate surface area is 125 Å². The number of nitrogens with zero attached hydrogens (tertiary/aromatic N) is 1. The second kappa shape index (κ2) is 5.12. The first-order valence-electron chi connectivity index (χ1n) is 6.08. The van der Waals surface area contributed by atoms with E-state index in [1.165, 1.54) is 10.4 Å². The highest BCUT2D eigenvalue weighted by atomic mass is 32.2. The molecular formula is C13H11NO5S2. The van der Waals surface area contributed by atoms with Crippen LogP contribution in [0.25, 0.3) is 0 Å². The zero-order valence-electron chi connectivity index (χ0n) is 10.7. The monoisotopic (exact) mass is 325 g/mol. The number of anilines is 1. The molecule has 0 spiro atoms. The minimum absolute atomic E-state index is 0.313. The van der Waals surface area contributed by atoms with Crippen LogP contribution in [-0.2, 0) is 10.0 Å². The van der Waals surface area contributed by atoms with Gasteiger partial charge in [0.05, 0.1) is 5.69 Å². The number of fused-ring (bicyclic) bond motifs is 1. The van der Waals surface area contributed by atoms with Crippen LogP contribution in [0.3, 0.4) is 0 Å². The van der Waals surface area contributed by atoms with Gasteiger partial charge in [-0.05, 0) is 24.3 Å². The molecule has 1 aromatic carbocycles. The van der Waals surface area contributed by atoms with Crippen molar-refractivity contribution in [1.82, 2.24) is 0 Å². The molecule has 0 saturated carbocycles. The molecule has 0 bridgehead atoms. The number of benzene rings is 1. The summed E-state index contributed by atoms with van der Waals surface area (Å²) in [6.07, 6.45) is 0. The third kappa shape index (κ3) is 2.40. The van der Waals surface area contributed by atoms with Gasteiger partial charge in [0.1, 0.15) is 0 Å². The van der Waals surface area contributed by atoms with Crippen LogP contribution in [0.5, 0.6) is 0 Å². The number of carbonyl (C=O) groups is 1. The maximum absolute atomic E-state index is 12.6. The van der Waals surface area contributed by atoms with Gasteiger partial charge in [0, 0.05) is 17.2 Å². The lowest BCUT2D eigenvalue weighted by molar-refractivity contribution is 0.0656. The van der Waals surface area contributed by atoms with Crippen LogP contribution in [0.4, 0.5) is 5.69 Å². The lowest BCUT2D eigenvalue weighted by Gasteiger charge is -2.28. The number of carboxylic acids is 1. The van der Waals surface area contributed by atoms with Crippen LogP contribution in [0.2, 0.25) is 0 Å². The van der Waals surface area contributed by atoms with E-state index in [0.717, 1.165) is 11.0 Å². The normalized spacial score (nSPS) is 14.8. The molecule has 1 N–H and O–H groups in total. The van der Waals surface area contributed by atoms with Crippen molar-refractivity contribution in [2.45, 2.75) is 9.99 Å². The number of sulfonamides is 1. The molecule has 6 nitrogen and oxygen atoms in total. The quantitative estimate of drug-likeness (QED) is 0.931. The molecule has 0 aliphatic carbocycles. The van der Waals surface area contributed by atoms with Crippen LogP contribution in [0.1, 0.15) is 10.6 Å². The summed E-state index contributed by atoms with van der Waals surface area (Å²) in [4.78, 5) is 11.7. The molecule has 1 aliphatic rings. The van der Waals surface area contributed by atoms with Gasteiger partial charge >= 0.3 is 5.97 Å². The van der Waals surface area contributed by atoms with Crippen molar-refractivity contribution in [3.8, 4) is 0 Å². The number of aromatic carboxylic acids is 1. The number of furan rings is 1. The van der Waals surface area contributed by atoms with E-state index in [2.05, 4.69) is 0 Å². The molecule has 0 amide bonds. The Hall–Kier alpha value is -1.93. The maximum atomic E-state index is 12.6. The van der Waals surface area contributed by atoms with E-state index in [9.17, 15) is 13.2 Å². The summed E-state index contributed by atoms with van der Waals surface area (Å²) in [5.41, 5.74) is 0.585. The molecule has 1 aromatic heterocycles. The van der Waals surface area contributed by atoms with Gasteiger partial charge in [-0.1, -0.05) is 12.1 Å². The van der Waals surface area contributed by atoms with Gasteiger partial charge in [0.15, 0.2) is 0 Å². The average Bonchev–Trinajstić information content (AvgIpc) is 2.97. The lowest BCUT2D eigenvalue weighted by atomic mass is 10.3. The second-order valence-electron chi connectivity index (χ2n) is 4.32. The Balaban J connectivity index is 2.05. The number of carboxylic acid groups (broad SMARTS) is 1. The third-order valence-corrected chi connectivity index (χ3v) is 5.75. The molecule has 110 valence electrons. The van der Waals surface area contributed by atoms with Gasteiger partial charge in [-0.2, -0.15) is 8.42 Å². The topological polar surface area (TPSA) is 87.8 Å². The summed E-state index contributed by atoms with van der Waals surface area (Å²) in [6, 6.07) is 9.49. The molecule has 2 heterocycles. The second-order valence-corrected chi connectivity index (χ2v) is 7.25. The number of hydrogen-bond acceptors (Lipinski definition) is 5. The highest BCUT2D eigenvalue weighted by molar-refractivity contribution is 8.00. The van der Waals surface area contributed by atoms with Crippen molar-refractivity contribution in [1.29, 1.82) is 0 Å². The Bertz CT molecular complexity index is 796. The Morgan fingerprint density at radius 1 is 1.24 bits per heavy atom. The lowest BCUT2D eigenvalue weighted by Crippen LogP contribution is -2.35. The molecule has 3 rings (SSSR count). The smallest absolute Gasteiger partial charge is 0.371 e. The zero-order chi connectivity index (χ0) is 15.0. The SMILES string of the molecule is O=C(O)c1ccc(S(=O)(=O)N2CCSc3ccccc32)o1. The molecule has 0 radical (unpaired) electrons. The Morgan fingerprint density at radius 2 is 2.00 bits per heavy atom. The Kier molecular flexibility index (Phi) is 3.42. The van der Waals surface area contributed by atoms with Crippen molar-refractivity contribution in [3.63, 3.8) is 0 Å². The standard InChI is InChI=1S/C13H11NO5S2/c15-13(16)10-5-6-12(19-10)21(17,18)14-7-8-20-11-4-2-1-3-9(11)14/h1-6H,7-8H2,(H,15,16). The van der Waals surface area contributed by atoms with Gasteiger partial charge in [-0.3, -0.25) is 4.31 Å². The minimum Gasteiger partial charge on any atom is -0.475 e. The minimum atomic E-state index is -3.90. The van der Waals surface area contributed by atoms with Crippen LogP contribution in [0, 0.1) is 0 Å². The predicted octanol–water partition coefficient (Wildman–Crippen LogP) is 2.28. The fourth-order valence-electron chi connectivity index (χ4n) is 2.08. The molecular weight excluding hydrogens is 314 g/mol. The van der Waals surface area contributed by atoms with Crippen molar-refractivity contribution in [2.75, 3.05) is 16.6 Å². The fraction of sp³-hybridized carbons (Fsp3) is 0.154. The molecule has 0 saturated heterocycles. The predicted molar refractivity (Wildman–Crippen MR) is 77.4 cm³/mol. The summed E-state index contributed by atoms with van der Waals surface area (Å²) in [5, 5.41) is 8.47. The van der Waals surface area contributed by atoms with Gasteiger partial charge in [0.25, 0.3) is 10.0 Å². The van der Waals surface area contributed by atoms with Crippen LogP contribution in [-0.4, -0.2) is 31.8 Å². The first-order chi connectivity index (χ1) is 10.00. The summed E-state index contributed by atoms with van der Waals surface area (Å²) in [6.45, 7) is 0.313. The largest absolute Gasteiger partial charge is 0.475 e. The van der Waals surface area contributed by atoms with E-state index >= 15 is 0 Å². The van der Waals surface area contributed by atoms with E-state index in [0.29, 0.717) is 18.0 Å². The van der Waals surface area contributed by atoms with Crippen molar-refractivity contribution >= 4 is 33.4 Å². The number of rotatable bonds is 3. The molecule has 0 fully saturated rings. The molecule has 21 heavy (non-hydrogen) atoms. The number of thioether (sulfide) groups is 1. The average molecular weight is 325 g/mol. The number of hydrogen-bond donors (Lipinski definition) is 1. The van der Waals surface area contributed by atoms with E-state index in [1.807, 2.05) is 12.1 Å².